The molecule has 0 bridgehead atoms. The van der Waals surface area contributed by atoms with Crippen LogP contribution in [0.15, 0.2) is 33.5 Å². The Labute approximate surface area is 130 Å². The molecular formula is C15H16N6O2. The fraction of sp³-hybridized carbons (Fsp3) is 0. The normalized spacial score (nSPS) is 11.0. The van der Waals surface area contributed by atoms with E-state index in [9.17, 15) is 4.79 Å². The lowest BCUT2D eigenvalue weighted by Crippen LogP contribution is -2.14. The number of fused-ring (bicyclic) bond motifs is 1. The van der Waals surface area contributed by atoms with E-state index in [0.717, 1.165) is 0 Å². The minimum Gasteiger partial charge on any atom is -0.438 e. The lowest BCUT2D eigenvalue weighted by atomic mass is 10.0. The summed E-state index contributed by atoms with van der Waals surface area (Å²) in [6.07, 6.45) is 0. The van der Waals surface area contributed by atoms with Crippen LogP contribution in [0.3, 0.4) is 0 Å². The third-order valence-corrected chi connectivity index (χ3v) is 3.72. The van der Waals surface area contributed by atoms with Gasteiger partial charge in [-0.05, 0) is 17.7 Å². The number of hydrogen-bond donors (Lipinski definition) is 6. The van der Waals surface area contributed by atoms with Crippen LogP contribution in [-0.4, -0.2) is 0 Å². The third-order valence-electron chi connectivity index (χ3n) is 3.72. The number of anilines is 6. The Hall–Kier alpha value is -3.55. The van der Waals surface area contributed by atoms with Gasteiger partial charge in [-0.25, -0.2) is 0 Å². The summed E-state index contributed by atoms with van der Waals surface area (Å²) in [5, 5.41) is 0.0511. The Morgan fingerprint density at radius 2 is 1.30 bits per heavy atom. The molecular weight excluding hydrogens is 296 g/mol. The van der Waals surface area contributed by atoms with E-state index in [1.165, 1.54) is 0 Å². The summed E-state index contributed by atoms with van der Waals surface area (Å²) in [4.78, 5) is 12.9. The van der Waals surface area contributed by atoms with Crippen molar-refractivity contribution in [2.45, 2.75) is 0 Å². The molecule has 0 atom stereocenters. The quantitative estimate of drug-likeness (QED) is 0.358. The first-order chi connectivity index (χ1) is 10.8. The van der Waals surface area contributed by atoms with Gasteiger partial charge in [0.2, 0.25) is 11.3 Å². The molecule has 0 unspecified atom stereocenters. The largest absolute Gasteiger partial charge is 0.438 e. The fourth-order valence-electron chi connectivity index (χ4n) is 2.46. The van der Waals surface area contributed by atoms with E-state index in [0.29, 0.717) is 11.3 Å². The van der Waals surface area contributed by atoms with Crippen LogP contribution >= 0.6 is 0 Å². The predicted octanol–water partition coefficient (Wildman–Crippen LogP) is 0.953. The van der Waals surface area contributed by atoms with Crippen LogP contribution in [-0.2, 0) is 0 Å². The van der Waals surface area contributed by atoms with Gasteiger partial charge in [0.25, 0.3) is 0 Å². The molecule has 0 aliphatic rings. The molecule has 1 heterocycles. The number of hydrogen-bond acceptors (Lipinski definition) is 8. The van der Waals surface area contributed by atoms with E-state index >= 15 is 0 Å². The van der Waals surface area contributed by atoms with Gasteiger partial charge in [-0.3, -0.25) is 4.79 Å². The van der Waals surface area contributed by atoms with Crippen LogP contribution < -0.4 is 39.8 Å². The average molecular weight is 312 g/mol. The molecule has 0 saturated carbocycles. The first-order valence-corrected chi connectivity index (χ1v) is 6.67. The molecule has 0 aliphatic carbocycles. The van der Waals surface area contributed by atoms with Gasteiger partial charge < -0.3 is 38.8 Å². The van der Waals surface area contributed by atoms with Crippen LogP contribution in [0, 0.1) is 0 Å². The second kappa shape index (κ2) is 4.73. The minimum atomic E-state index is -0.440. The average Bonchev–Trinajstić information content (AvgIpc) is 2.52. The fourth-order valence-corrected chi connectivity index (χ4v) is 2.46. The van der Waals surface area contributed by atoms with Crippen LogP contribution in [0.2, 0.25) is 0 Å². The van der Waals surface area contributed by atoms with Crippen LogP contribution in [0.25, 0.3) is 22.1 Å². The molecule has 3 aromatic rings. The maximum absolute atomic E-state index is 12.9. The highest BCUT2D eigenvalue weighted by molar-refractivity contribution is 6.10. The van der Waals surface area contributed by atoms with Crippen LogP contribution in [0.4, 0.5) is 34.3 Å². The summed E-state index contributed by atoms with van der Waals surface area (Å²) in [5.41, 5.74) is 35.9. The summed E-state index contributed by atoms with van der Waals surface area (Å²) in [7, 11) is 0. The van der Waals surface area contributed by atoms with Gasteiger partial charge in [0, 0.05) is 5.69 Å². The highest BCUT2D eigenvalue weighted by Gasteiger charge is 2.21. The zero-order valence-corrected chi connectivity index (χ0v) is 12.1. The molecule has 3 rings (SSSR count). The first-order valence-electron chi connectivity index (χ1n) is 6.67. The Morgan fingerprint density at radius 3 is 1.91 bits per heavy atom. The van der Waals surface area contributed by atoms with E-state index in [4.69, 9.17) is 38.8 Å². The third kappa shape index (κ3) is 1.96. The van der Waals surface area contributed by atoms with Crippen molar-refractivity contribution in [1.29, 1.82) is 0 Å². The van der Waals surface area contributed by atoms with Crippen molar-refractivity contribution in [1.82, 2.24) is 0 Å². The van der Waals surface area contributed by atoms with Gasteiger partial charge in [0.05, 0.1) is 28.0 Å². The summed E-state index contributed by atoms with van der Waals surface area (Å²) in [6.45, 7) is 0. The molecule has 0 spiro atoms. The standard InChI is InChI=1S/C15H16N6O2/c16-6-3-1-5(2-4-6)7-13(22)8-9(17)10(18)11(19)12(20)14(8)23-15(7)21/h1-4H,16-21H2. The highest BCUT2D eigenvalue weighted by atomic mass is 16.3. The molecule has 8 heteroatoms. The van der Waals surface area contributed by atoms with E-state index in [1.807, 2.05) is 0 Å². The van der Waals surface area contributed by atoms with Gasteiger partial charge in [0.15, 0.2) is 5.58 Å². The van der Waals surface area contributed by atoms with Crippen molar-refractivity contribution in [3.05, 3.63) is 34.5 Å². The molecule has 12 N–H and O–H groups in total. The van der Waals surface area contributed by atoms with Crippen molar-refractivity contribution in [3.8, 4) is 11.1 Å². The molecule has 0 amide bonds. The van der Waals surface area contributed by atoms with E-state index < -0.39 is 5.43 Å². The molecule has 2 aromatic carbocycles. The highest BCUT2D eigenvalue weighted by Crippen LogP contribution is 2.39. The van der Waals surface area contributed by atoms with E-state index in [1.54, 1.807) is 24.3 Å². The number of nitrogens with two attached hydrogens (primary N) is 6. The van der Waals surface area contributed by atoms with Gasteiger partial charge in [0.1, 0.15) is 5.69 Å². The molecule has 0 fully saturated rings. The Kier molecular flexibility index (Phi) is 2.96. The summed E-state index contributed by atoms with van der Waals surface area (Å²) in [6, 6.07) is 6.61. The summed E-state index contributed by atoms with van der Waals surface area (Å²) < 4.78 is 5.51. The van der Waals surface area contributed by atoms with Gasteiger partial charge in [-0.2, -0.15) is 0 Å². The Morgan fingerprint density at radius 1 is 0.739 bits per heavy atom. The number of nitrogen functional groups attached to an aromatic ring is 6. The van der Waals surface area contributed by atoms with Gasteiger partial charge in [-0.15, -0.1) is 0 Å². The van der Waals surface area contributed by atoms with Crippen molar-refractivity contribution in [3.63, 3.8) is 0 Å². The lowest BCUT2D eigenvalue weighted by Gasteiger charge is -2.13. The smallest absolute Gasteiger partial charge is 0.204 e. The van der Waals surface area contributed by atoms with Crippen molar-refractivity contribution >= 4 is 45.3 Å². The molecule has 8 nitrogen and oxygen atoms in total. The SMILES string of the molecule is Nc1ccc(-c2c(N)oc3c(N)c(N)c(N)c(N)c3c2=O)cc1. The maximum atomic E-state index is 12.9. The van der Waals surface area contributed by atoms with Gasteiger partial charge in [-0.1, -0.05) is 12.1 Å². The minimum absolute atomic E-state index is 0.0112. The molecule has 0 radical (unpaired) electrons. The zero-order valence-electron chi connectivity index (χ0n) is 12.1. The molecule has 23 heavy (non-hydrogen) atoms. The Balaban J connectivity index is 2.47. The summed E-state index contributed by atoms with van der Waals surface area (Å²) >= 11 is 0. The topological polar surface area (TPSA) is 186 Å². The van der Waals surface area contributed by atoms with Crippen LogP contribution in [0.1, 0.15) is 0 Å². The van der Waals surface area contributed by atoms with Crippen LogP contribution in [0.5, 0.6) is 0 Å². The lowest BCUT2D eigenvalue weighted by molar-refractivity contribution is 0.628. The summed E-state index contributed by atoms with van der Waals surface area (Å²) in [5.74, 6) is -0.0949. The number of rotatable bonds is 1. The molecule has 118 valence electrons. The van der Waals surface area contributed by atoms with Crippen molar-refractivity contribution < 1.29 is 4.42 Å². The molecule has 0 aliphatic heterocycles. The van der Waals surface area contributed by atoms with Gasteiger partial charge >= 0.3 is 0 Å². The van der Waals surface area contributed by atoms with E-state index in [2.05, 4.69) is 0 Å². The van der Waals surface area contributed by atoms with Crippen molar-refractivity contribution in [2.75, 3.05) is 34.4 Å². The molecule has 0 saturated heterocycles. The zero-order chi connectivity index (χ0) is 16.9. The number of benzene rings is 2. The molecule has 1 aromatic heterocycles. The van der Waals surface area contributed by atoms with E-state index in [-0.39, 0.29) is 45.2 Å². The second-order valence-corrected chi connectivity index (χ2v) is 5.15. The van der Waals surface area contributed by atoms with Crippen molar-refractivity contribution in [2.24, 2.45) is 0 Å². The predicted molar refractivity (Wildman–Crippen MR) is 94.4 cm³/mol. The second-order valence-electron chi connectivity index (χ2n) is 5.15. The monoisotopic (exact) mass is 312 g/mol. The maximum Gasteiger partial charge on any atom is 0.204 e. The Bertz CT molecular complexity index is 992. The first kappa shape index (κ1) is 14.4.